The number of carbonyl (C=O) groups is 1. The van der Waals surface area contributed by atoms with Crippen LogP contribution >= 0.6 is 0 Å². The van der Waals surface area contributed by atoms with Crippen LogP contribution in [0.5, 0.6) is 5.75 Å². The van der Waals surface area contributed by atoms with E-state index in [9.17, 15) is 4.79 Å². The van der Waals surface area contributed by atoms with Crippen molar-refractivity contribution in [3.8, 4) is 17.1 Å². The summed E-state index contributed by atoms with van der Waals surface area (Å²) in [6.07, 6.45) is 0.562. The number of benzene rings is 1. The molecule has 0 aliphatic rings. The van der Waals surface area contributed by atoms with Gasteiger partial charge in [0.1, 0.15) is 5.75 Å². The molecular weight excluding hydrogens is 248 g/mol. The molecule has 0 bridgehead atoms. The van der Waals surface area contributed by atoms with E-state index in [0.717, 1.165) is 11.3 Å². The van der Waals surface area contributed by atoms with Crippen LogP contribution in [0.1, 0.15) is 12.3 Å². The van der Waals surface area contributed by atoms with Gasteiger partial charge < -0.3 is 9.26 Å². The molecule has 0 unspecified atom stereocenters. The molecule has 1 amide bonds. The first-order valence-corrected chi connectivity index (χ1v) is 5.69. The number of aryl methyl sites for hydroxylation is 1. The van der Waals surface area contributed by atoms with Crippen molar-refractivity contribution in [2.24, 2.45) is 5.84 Å². The molecule has 0 saturated heterocycles. The number of amides is 1. The quantitative estimate of drug-likeness (QED) is 0.466. The first-order chi connectivity index (χ1) is 9.22. The zero-order chi connectivity index (χ0) is 13.7. The van der Waals surface area contributed by atoms with Gasteiger partial charge in [-0.3, -0.25) is 10.2 Å². The smallest absolute Gasteiger partial charge is 0.234 e. The molecule has 0 fully saturated rings. The molecule has 1 aromatic heterocycles. The molecule has 0 radical (unpaired) electrons. The molecule has 100 valence electrons. The largest absolute Gasteiger partial charge is 0.497 e. The van der Waals surface area contributed by atoms with E-state index < -0.39 is 0 Å². The van der Waals surface area contributed by atoms with Crippen LogP contribution in [0, 0.1) is 0 Å². The summed E-state index contributed by atoms with van der Waals surface area (Å²) >= 11 is 0. The lowest BCUT2D eigenvalue weighted by Crippen LogP contribution is -2.30. The summed E-state index contributed by atoms with van der Waals surface area (Å²) in [6, 6.07) is 7.29. The van der Waals surface area contributed by atoms with Crippen molar-refractivity contribution in [3.05, 3.63) is 30.2 Å². The van der Waals surface area contributed by atoms with Crippen LogP contribution in [0.15, 0.2) is 28.8 Å². The molecule has 1 heterocycles. The van der Waals surface area contributed by atoms with Crippen LogP contribution in [-0.2, 0) is 11.2 Å². The Balaban J connectivity index is 2.05. The normalized spacial score (nSPS) is 10.2. The van der Waals surface area contributed by atoms with Gasteiger partial charge in [0, 0.05) is 18.4 Å². The maximum absolute atomic E-state index is 11.0. The van der Waals surface area contributed by atoms with E-state index in [1.807, 2.05) is 29.7 Å². The Morgan fingerprint density at radius 3 is 2.79 bits per heavy atom. The second-order valence-electron chi connectivity index (χ2n) is 3.81. The van der Waals surface area contributed by atoms with E-state index in [-0.39, 0.29) is 12.3 Å². The third-order valence-corrected chi connectivity index (χ3v) is 2.54. The Morgan fingerprint density at radius 1 is 1.42 bits per heavy atom. The molecule has 7 nitrogen and oxygen atoms in total. The molecule has 2 rings (SSSR count). The fourth-order valence-electron chi connectivity index (χ4n) is 1.51. The summed E-state index contributed by atoms with van der Waals surface area (Å²) in [4.78, 5) is 15.2. The monoisotopic (exact) mass is 262 g/mol. The Hall–Kier alpha value is -2.41. The van der Waals surface area contributed by atoms with Crippen LogP contribution in [-0.4, -0.2) is 23.2 Å². The zero-order valence-corrected chi connectivity index (χ0v) is 10.4. The van der Waals surface area contributed by atoms with Crippen LogP contribution < -0.4 is 16.0 Å². The van der Waals surface area contributed by atoms with Crippen molar-refractivity contribution in [2.75, 3.05) is 7.11 Å². The minimum Gasteiger partial charge on any atom is -0.497 e. The molecule has 19 heavy (non-hydrogen) atoms. The lowest BCUT2D eigenvalue weighted by molar-refractivity contribution is -0.121. The number of hydrazine groups is 1. The molecule has 7 heteroatoms. The number of nitrogens with two attached hydrogens (primary N) is 1. The second-order valence-corrected chi connectivity index (χ2v) is 3.81. The number of aromatic nitrogens is 2. The number of methoxy groups -OCH3 is 1. The maximum atomic E-state index is 11.0. The minimum atomic E-state index is -0.274. The Labute approximate surface area is 109 Å². The van der Waals surface area contributed by atoms with Gasteiger partial charge in [0.2, 0.25) is 17.6 Å². The van der Waals surface area contributed by atoms with E-state index in [1.54, 1.807) is 7.11 Å². The summed E-state index contributed by atoms with van der Waals surface area (Å²) in [5.41, 5.74) is 2.86. The number of hydrogen-bond acceptors (Lipinski definition) is 6. The summed E-state index contributed by atoms with van der Waals surface area (Å²) in [6.45, 7) is 0. The average molecular weight is 262 g/mol. The van der Waals surface area contributed by atoms with Gasteiger partial charge in [-0.2, -0.15) is 4.98 Å². The van der Waals surface area contributed by atoms with Gasteiger partial charge >= 0.3 is 0 Å². The minimum absolute atomic E-state index is 0.209. The number of rotatable bonds is 5. The fourth-order valence-corrected chi connectivity index (χ4v) is 1.51. The van der Waals surface area contributed by atoms with E-state index in [1.165, 1.54) is 0 Å². The van der Waals surface area contributed by atoms with Crippen molar-refractivity contribution in [2.45, 2.75) is 12.8 Å². The van der Waals surface area contributed by atoms with Crippen molar-refractivity contribution in [1.29, 1.82) is 0 Å². The summed E-state index contributed by atoms with van der Waals surface area (Å²) in [7, 11) is 1.60. The Bertz CT molecular complexity index is 550. The van der Waals surface area contributed by atoms with Gasteiger partial charge in [-0.05, 0) is 24.3 Å². The highest BCUT2D eigenvalue weighted by Crippen LogP contribution is 2.19. The van der Waals surface area contributed by atoms with Gasteiger partial charge in [0.05, 0.1) is 7.11 Å². The molecule has 0 aliphatic heterocycles. The number of nitrogens with one attached hydrogen (secondary N) is 1. The number of ether oxygens (including phenoxy) is 1. The third kappa shape index (κ3) is 3.29. The number of carbonyl (C=O) groups excluding carboxylic acids is 1. The molecule has 0 saturated carbocycles. The Kier molecular flexibility index (Phi) is 4.09. The summed E-state index contributed by atoms with van der Waals surface area (Å²) in [5, 5.41) is 3.86. The molecule has 0 atom stereocenters. The highest BCUT2D eigenvalue weighted by Gasteiger charge is 2.10. The Morgan fingerprint density at radius 2 is 2.16 bits per heavy atom. The van der Waals surface area contributed by atoms with Gasteiger partial charge in [-0.1, -0.05) is 5.16 Å². The predicted octanol–water partition coefficient (Wildman–Crippen LogP) is 0.668. The molecule has 1 aromatic carbocycles. The third-order valence-electron chi connectivity index (χ3n) is 2.54. The number of hydrogen-bond donors (Lipinski definition) is 2. The van der Waals surface area contributed by atoms with Crippen LogP contribution in [0.4, 0.5) is 0 Å². The lowest BCUT2D eigenvalue weighted by Gasteiger charge is -1.98. The first-order valence-electron chi connectivity index (χ1n) is 5.69. The summed E-state index contributed by atoms with van der Waals surface area (Å²) in [5.74, 6) is 6.34. The van der Waals surface area contributed by atoms with Gasteiger partial charge in [0.25, 0.3) is 0 Å². The second kappa shape index (κ2) is 5.96. The molecule has 2 aromatic rings. The van der Waals surface area contributed by atoms with Crippen LogP contribution in [0.3, 0.4) is 0 Å². The van der Waals surface area contributed by atoms with Crippen molar-refractivity contribution in [1.82, 2.24) is 15.6 Å². The molecule has 0 spiro atoms. The maximum Gasteiger partial charge on any atom is 0.234 e. The van der Waals surface area contributed by atoms with Crippen LogP contribution in [0.25, 0.3) is 11.4 Å². The lowest BCUT2D eigenvalue weighted by atomic mass is 10.2. The molecule has 3 N–H and O–H groups in total. The van der Waals surface area contributed by atoms with Gasteiger partial charge in [0.15, 0.2) is 0 Å². The highest BCUT2D eigenvalue weighted by atomic mass is 16.5. The van der Waals surface area contributed by atoms with Crippen LogP contribution in [0.2, 0.25) is 0 Å². The molecule has 0 aliphatic carbocycles. The topological polar surface area (TPSA) is 103 Å². The van der Waals surface area contributed by atoms with E-state index in [4.69, 9.17) is 15.1 Å². The zero-order valence-electron chi connectivity index (χ0n) is 10.4. The predicted molar refractivity (Wildman–Crippen MR) is 66.9 cm³/mol. The van der Waals surface area contributed by atoms with Crippen molar-refractivity contribution < 1.29 is 14.1 Å². The van der Waals surface area contributed by atoms with Crippen molar-refractivity contribution in [3.63, 3.8) is 0 Å². The first kappa shape index (κ1) is 13.0. The van der Waals surface area contributed by atoms with Gasteiger partial charge in [-0.15, -0.1) is 0 Å². The van der Waals surface area contributed by atoms with E-state index >= 15 is 0 Å². The molecular formula is C12H14N4O3. The van der Waals surface area contributed by atoms with Gasteiger partial charge in [-0.25, -0.2) is 5.84 Å². The SMILES string of the molecule is COc1ccc(-c2noc(CCC(=O)NN)n2)cc1. The highest BCUT2D eigenvalue weighted by molar-refractivity contribution is 5.75. The van der Waals surface area contributed by atoms with E-state index in [0.29, 0.717) is 18.1 Å². The standard InChI is InChI=1S/C12H14N4O3/c1-18-9-4-2-8(3-5-9)12-14-11(19-16-12)7-6-10(17)15-13/h2-5H,6-7,13H2,1H3,(H,15,17). The summed E-state index contributed by atoms with van der Waals surface area (Å²) < 4.78 is 10.1. The van der Waals surface area contributed by atoms with E-state index in [2.05, 4.69) is 10.1 Å². The number of nitrogens with zero attached hydrogens (tertiary/aromatic N) is 2. The van der Waals surface area contributed by atoms with Crippen molar-refractivity contribution >= 4 is 5.91 Å². The average Bonchev–Trinajstić information content (AvgIpc) is 2.93. The fraction of sp³-hybridized carbons (Fsp3) is 0.250.